The van der Waals surface area contributed by atoms with Crippen molar-refractivity contribution < 1.29 is 14.6 Å². The van der Waals surface area contributed by atoms with Gasteiger partial charge in [-0.15, -0.1) is 18.3 Å². The van der Waals surface area contributed by atoms with Crippen molar-refractivity contribution in [2.75, 3.05) is 52.1 Å². The summed E-state index contributed by atoms with van der Waals surface area (Å²) in [5.74, 6) is 0.922. The fraction of sp³-hybridized carbons (Fsp3) is 0.500. The molecule has 2 aromatic rings. The first kappa shape index (κ1) is 30.3. The third kappa shape index (κ3) is 6.97. The van der Waals surface area contributed by atoms with E-state index in [1.54, 1.807) is 17.8 Å². The zero-order valence-electron chi connectivity index (χ0n) is 24.3. The molecule has 2 heterocycles. The molecule has 0 amide bonds. The summed E-state index contributed by atoms with van der Waals surface area (Å²) in [4.78, 5) is 24.3. The van der Waals surface area contributed by atoms with E-state index in [4.69, 9.17) is 9.73 Å². The van der Waals surface area contributed by atoms with Gasteiger partial charge >= 0.3 is 5.97 Å². The first-order chi connectivity index (χ1) is 19.3. The van der Waals surface area contributed by atoms with Gasteiger partial charge in [-0.05, 0) is 63.1 Å². The number of rotatable bonds is 12. The number of aromatic hydroxyl groups is 1. The number of ether oxygens (including phenoxy) is 1. The van der Waals surface area contributed by atoms with Crippen molar-refractivity contribution in [1.82, 2.24) is 14.7 Å². The van der Waals surface area contributed by atoms with Gasteiger partial charge in [0.1, 0.15) is 5.75 Å². The van der Waals surface area contributed by atoms with Crippen LogP contribution in [0.25, 0.3) is 0 Å². The van der Waals surface area contributed by atoms with E-state index in [2.05, 4.69) is 60.6 Å². The highest BCUT2D eigenvalue weighted by atomic mass is 32.2. The van der Waals surface area contributed by atoms with E-state index < -0.39 is 5.54 Å². The SMILES string of the molecule is C=CCN1CC(C)N(C(c2cccc(O)c2)c2ccccc2C2(CCN(C)CC(=O)OCC)CSC=N2)CC1C. The average molecular weight is 565 g/mol. The van der Waals surface area contributed by atoms with Gasteiger partial charge in [0.15, 0.2) is 0 Å². The maximum Gasteiger partial charge on any atom is 0.320 e. The Balaban J connectivity index is 1.72. The van der Waals surface area contributed by atoms with Gasteiger partial charge in [0.05, 0.1) is 30.3 Å². The van der Waals surface area contributed by atoms with E-state index in [9.17, 15) is 9.90 Å². The monoisotopic (exact) mass is 564 g/mol. The molecule has 0 radical (unpaired) electrons. The molecule has 1 N–H and O–H groups in total. The van der Waals surface area contributed by atoms with Crippen LogP contribution in [0.4, 0.5) is 0 Å². The van der Waals surface area contributed by atoms with Gasteiger partial charge in [-0.2, -0.15) is 0 Å². The molecule has 8 heteroatoms. The summed E-state index contributed by atoms with van der Waals surface area (Å²) in [5, 5.41) is 10.5. The second kappa shape index (κ2) is 13.8. The zero-order valence-corrected chi connectivity index (χ0v) is 25.1. The van der Waals surface area contributed by atoms with Crippen LogP contribution in [0.1, 0.15) is 49.9 Å². The lowest BCUT2D eigenvalue weighted by atomic mass is 9.81. The predicted molar refractivity (Wildman–Crippen MR) is 165 cm³/mol. The first-order valence-corrected chi connectivity index (χ1v) is 15.3. The highest BCUT2D eigenvalue weighted by Crippen LogP contribution is 2.44. The molecule has 7 nitrogen and oxygen atoms in total. The van der Waals surface area contributed by atoms with E-state index >= 15 is 0 Å². The molecule has 0 aromatic heterocycles. The van der Waals surface area contributed by atoms with Gasteiger partial charge < -0.3 is 9.84 Å². The minimum absolute atomic E-state index is 0.0402. The first-order valence-electron chi connectivity index (χ1n) is 14.3. The molecule has 4 rings (SSSR count). The Morgan fingerprint density at radius 3 is 2.75 bits per heavy atom. The average Bonchev–Trinajstić information content (AvgIpc) is 3.41. The van der Waals surface area contributed by atoms with Crippen LogP contribution in [0.2, 0.25) is 0 Å². The Kier molecular flexibility index (Phi) is 10.5. The lowest BCUT2D eigenvalue weighted by molar-refractivity contribution is -0.144. The Morgan fingerprint density at radius 2 is 2.05 bits per heavy atom. The molecule has 0 saturated carbocycles. The van der Waals surface area contributed by atoms with Crippen LogP contribution in [0.3, 0.4) is 0 Å². The number of likely N-dealkylation sites (N-methyl/N-ethyl adjacent to an activating group) is 1. The number of aliphatic imine (C=N–C) groups is 1. The summed E-state index contributed by atoms with van der Waals surface area (Å²) in [5.41, 5.74) is 5.08. The lowest BCUT2D eigenvalue weighted by Gasteiger charge is -2.48. The molecular formula is C32H44N4O3S. The molecule has 0 spiro atoms. The Bertz CT molecular complexity index is 1190. The van der Waals surface area contributed by atoms with Crippen molar-refractivity contribution in [3.8, 4) is 5.75 Å². The van der Waals surface area contributed by atoms with Crippen LogP contribution in [-0.2, 0) is 15.1 Å². The van der Waals surface area contributed by atoms with E-state index in [0.29, 0.717) is 18.7 Å². The van der Waals surface area contributed by atoms with E-state index in [1.165, 1.54) is 11.1 Å². The van der Waals surface area contributed by atoms with Gasteiger partial charge in [-0.25, -0.2) is 0 Å². The number of esters is 1. The molecule has 1 fully saturated rings. The maximum atomic E-state index is 12.1. The fourth-order valence-electron chi connectivity index (χ4n) is 6.06. The fourth-order valence-corrected chi connectivity index (χ4v) is 7.06. The molecule has 1 saturated heterocycles. The van der Waals surface area contributed by atoms with Crippen LogP contribution in [0, 0.1) is 0 Å². The number of piperazine rings is 1. The number of benzene rings is 2. The normalized spacial score (nSPS) is 24.3. The smallest absolute Gasteiger partial charge is 0.320 e. The number of thioether (sulfide) groups is 1. The number of phenolic OH excluding ortho intramolecular Hbond substituents is 1. The zero-order chi connectivity index (χ0) is 28.7. The van der Waals surface area contributed by atoms with Gasteiger partial charge in [0, 0.05) is 44.0 Å². The molecule has 2 aliphatic heterocycles. The van der Waals surface area contributed by atoms with Crippen molar-refractivity contribution >= 4 is 23.3 Å². The lowest BCUT2D eigenvalue weighted by Crippen LogP contribution is -2.57. The van der Waals surface area contributed by atoms with E-state index in [-0.39, 0.29) is 24.3 Å². The number of hydrogen-bond acceptors (Lipinski definition) is 8. The van der Waals surface area contributed by atoms with E-state index in [0.717, 1.165) is 43.9 Å². The number of nitrogens with zero attached hydrogens (tertiary/aromatic N) is 4. The van der Waals surface area contributed by atoms with Crippen molar-refractivity contribution in [2.45, 2.75) is 50.9 Å². The minimum atomic E-state index is -0.404. The van der Waals surface area contributed by atoms with Gasteiger partial charge in [0.2, 0.25) is 0 Å². The van der Waals surface area contributed by atoms with Crippen molar-refractivity contribution in [3.05, 3.63) is 77.9 Å². The van der Waals surface area contributed by atoms with E-state index in [1.807, 2.05) is 42.6 Å². The molecule has 0 aliphatic carbocycles. The number of carbonyl (C=O) groups is 1. The summed E-state index contributed by atoms with van der Waals surface area (Å²) >= 11 is 1.74. The summed E-state index contributed by atoms with van der Waals surface area (Å²) in [7, 11) is 1.96. The minimum Gasteiger partial charge on any atom is -0.508 e. The second-order valence-electron chi connectivity index (χ2n) is 11.1. The third-order valence-electron chi connectivity index (χ3n) is 8.11. The number of carbonyl (C=O) groups excluding carboxylic acids is 1. The van der Waals surface area contributed by atoms with Crippen LogP contribution >= 0.6 is 11.8 Å². The summed E-state index contributed by atoms with van der Waals surface area (Å²) < 4.78 is 5.16. The summed E-state index contributed by atoms with van der Waals surface area (Å²) in [6, 6.07) is 17.0. The van der Waals surface area contributed by atoms with Gasteiger partial charge in [0.25, 0.3) is 0 Å². The van der Waals surface area contributed by atoms with Crippen molar-refractivity contribution in [3.63, 3.8) is 0 Å². The van der Waals surface area contributed by atoms with Crippen molar-refractivity contribution in [1.29, 1.82) is 0 Å². The molecule has 40 heavy (non-hydrogen) atoms. The van der Waals surface area contributed by atoms with Crippen LogP contribution < -0.4 is 0 Å². The third-order valence-corrected chi connectivity index (χ3v) is 9.01. The van der Waals surface area contributed by atoms with Gasteiger partial charge in [-0.1, -0.05) is 42.5 Å². The van der Waals surface area contributed by atoms with Crippen LogP contribution in [-0.4, -0.2) is 95.5 Å². The predicted octanol–water partition coefficient (Wildman–Crippen LogP) is 4.92. The van der Waals surface area contributed by atoms with Crippen LogP contribution in [0.15, 0.2) is 66.2 Å². The Labute approximate surface area is 243 Å². The quantitative estimate of drug-likeness (QED) is 0.290. The molecule has 2 aromatic carbocycles. The summed E-state index contributed by atoms with van der Waals surface area (Å²) in [6.07, 6.45) is 2.77. The van der Waals surface area contributed by atoms with Crippen LogP contribution in [0.5, 0.6) is 5.75 Å². The molecule has 4 atom stereocenters. The molecule has 216 valence electrons. The summed E-state index contributed by atoms with van der Waals surface area (Å²) in [6.45, 7) is 14.5. The molecule has 4 unspecified atom stereocenters. The Hall–Kier alpha value is -2.65. The number of phenols is 1. The standard InChI is InChI=1S/C32H44N4O3S/c1-6-16-35-19-25(4)36(20-24(35)3)31(26-11-10-12-27(37)18-26)28-13-8-9-14-29(28)32(22-40-23-33-32)15-17-34(5)21-30(38)39-7-2/h6,8-14,18,23-25,31,37H,1,7,15-17,19-22H2,2-5H3. The molecular weight excluding hydrogens is 520 g/mol. The largest absolute Gasteiger partial charge is 0.508 e. The van der Waals surface area contributed by atoms with Gasteiger partial charge in [-0.3, -0.25) is 24.5 Å². The molecule has 2 aliphatic rings. The van der Waals surface area contributed by atoms with Crippen molar-refractivity contribution in [2.24, 2.45) is 4.99 Å². The molecule has 0 bridgehead atoms. The Morgan fingerprint density at radius 1 is 1.25 bits per heavy atom. The highest BCUT2D eigenvalue weighted by Gasteiger charge is 2.41. The second-order valence-corrected chi connectivity index (χ2v) is 11.9. The number of hydrogen-bond donors (Lipinski definition) is 1. The maximum absolute atomic E-state index is 12.1. The highest BCUT2D eigenvalue weighted by molar-refractivity contribution is 8.12. The topological polar surface area (TPSA) is 68.6 Å².